The van der Waals surface area contributed by atoms with Crippen LogP contribution in [0.15, 0.2) is 72.9 Å². The first-order valence-electron chi connectivity index (χ1n) is 7.74. The van der Waals surface area contributed by atoms with Gasteiger partial charge in [0.25, 0.3) is 0 Å². The Labute approximate surface area is 140 Å². The van der Waals surface area contributed by atoms with E-state index in [1.54, 1.807) is 36.5 Å². The molecule has 0 aliphatic heterocycles. The molecule has 1 heterocycles. The van der Waals surface area contributed by atoms with E-state index in [-0.39, 0.29) is 5.78 Å². The van der Waals surface area contributed by atoms with Gasteiger partial charge in [0, 0.05) is 30.8 Å². The monoisotopic (exact) mass is 318 g/mol. The van der Waals surface area contributed by atoms with Crippen molar-refractivity contribution in [3.05, 3.63) is 89.6 Å². The van der Waals surface area contributed by atoms with Crippen LogP contribution in [0.4, 0.5) is 0 Å². The minimum absolute atomic E-state index is 0.0796. The first kappa shape index (κ1) is 15.9. The number of nitrogens with zero attached hydrogens (tertiary/aromatic N) is 1. The average molecular weight is 318 g/mol. The molecule has 0 amide bonds. The summed E-state index contributed by atoms with van der Waals surface area (Å²) >= 11 is 0. The maximum atomic E-state index is 12.3. The highest BCUT2D eigenvalue weighted by Gasteiger charge is 2.08. The number of hydrogen-bond acceptors (Lipinski definition) is 4. The third-order valence-corrected chi connectivity index (χ3v) is 3.64. The summed E-state index contributed by atoms with van der Waals surface area (Å²) in [6, 6.07) is 20.4. The number of aromatic nitrogens is 1. The topological polar surface area (TPSA) is 65.2 Å². The van der Waals surface area contributed by atoms with Gasteiger partial charge < -0.3 is 10.5 Å². The molecule has 120 valence electrons. The van der Waals surface area contributed by atoms with Gasteiger partial charge in [-0.15, -0.1) is 0 Å². The minimum Gasteiger partial charge on any atom is -0.439 e. The second-order valence-corrected chi connectivity index (χ2v) is 5.42. The highest BCUT2D eigenvalue weighted by molar-refractivity contribution is 5.97. The standard InChI is InChI=1S/C20H18N2O2/c21-14-16-10-11-22-20(13-16)24-18-8-6-17(7-9-18)19(23)12-15-4-2-1-3-5-15/h1-11,13H,12,14,21H2. The van der Waals surface area contributed by atoms with Crippen LogP contribution in [-0.4, -0.2) is 10.8 Å². The molecule has 2 N–H and O–H groups in total. The summed E-state index contributed by atoms with van der Waals surface area (Å²) in [5.74, 6) is 1.20. The number of carbonyl (C=O) groups is 1. The molecule has 0 atom stereocenters. The molecule has 0 aliphatic rings. The van der Waals surface area contributed by atoms with Crippen LogP contribution < -0.4 is 10.5 Å². The first-order chi connectivity index (χ1) is 11.7. The summed E-state index contributed by atoms with van der Waals surface area (Å²) in [6.07, 6.45) is 2.05. The molecule has 1 aromatic heterocycles. The molecule has 0 spiro atoms. The largest absolute Gasteiger partial charge is 0.439 e. The molecule has 3 aromatic rings. The lowest BCUT2D eigenvalue weighted by atomic mass is 10.0. The molecule has 24 heavy (non-hydrogen) atoms. The van der Waals surface area contributed by atoms with Crippen molar-refractivity contribution >= 4 is 5.78 Å². The predicted molar refractivity (Wildman–Crippen MR) is 93.1 cm³/mol. The van der Waals surface area contributed by atoms with Crippen molar-refractivity contribution in [2.45, 2.75) is 13.0 Å². The predicted octanol–water partition coefficient (Wildman–Crippen LogP) is 3.76. The van der Waals surface area contributed by atoms with Crippen molar-refractivity contribution < 1.29 is 9.53 Å². The lowest BCUT2D eigenvalue weighted by molar-refractivity contribution is 0.0993. The maximum Gasteiger partial charge on any atom is 0.219 e. The van der Waals surface area contributed by atoms with E-state index in [9.17, 15) is 4.79 Å². The van der Waals surface area contributed by atoms with Gasteiger partial charge in [-0.05, 0) is 41.5 Å². The summed E-state index contributed by atoms with van der Waals surface area (Å²) in [5.41, 5.74) is 8.23. The minimum atomic E-state index is 0.0796. The molecule has 4 heteroatoms. The SMILES string of the molecule is NCc1ccnc(Oc2ccc(C(=O)Cc3ccccc3)cc2)c1. The third kappa shape index (κ3) is 4.06. The van der Waals surface area contributed by atoms with Gasteiger partial charge in [0.15, 0.2) is 5.78 Å². The van der Waals surface area contributed by atoms with Crippen LogP contribution in [0.3, 0.4) is 0 Å². The van der Waals surface area contributed by atoms with Crippen LogP contribution in [0.2, 0.25) is 0 Å². The molecular weight excluding hydrogens is 300 g/mol. The molecule has 2 aromatic carbocycles. The van der Waals surface area contributed by atoms with Gasteiger partial charge >= 0.3 is 0 Å². The molecule has 0 fully saturated rings. The van der Waals surface area contributed by atoms with Gasteiger partial charge in [-0.1, -0.05) is 30.3 Å². The molecule has 0 aliphatic carbocycles. The van der Waals surface area contributed by atoms with Gasteiger partial charge in [-0.2, -0.15) is 0 Å². The highest BCUT2D eigenvalue weighted by Crippen LogP contribution is 2.21. The molecule has 0 radical (unpaired) electrons. The Morgan fingerprint density at radius 2 is 1.71 bits per heavy atom. The summed E-state index contributed by atoms with van der Waals surface area (Å²) in [6.45, 7) is 0.436. The van der Waals surface area contributed by atoms with Crippen molar-refractivity contribution in [1.82, 2.24) is 4.98 Å². The Bertz CT molecular complexity index is 815. The number of pyridine rings is 1. The van der Waals surface area contributed by atoms with E-state index in [4.69, 9.17) is 10.5 Å². The number of ether oxygens (including phenoxy) is 1. The van der Waals surface area contributed by atoms with E-state index in [0.717, 1.165) is 11.1 Å². The molecule has 0 saturated heterocycles. The summed E-state index contributed by atoms with van der Waals surface area (Å²) < 4.78 is 5.70. The Morgan fingerprint density at radius 3 is 2.42 bits per heavy atom. The van der Waals surface area contributed by atoms with Gasteiger partial charge in [-0.3, -0.25) is 4.79 Å². The molecule has 4 nitrogen and oxygen atoms in total. The Morgan fingerprint density at radius 1 is 0.958 bits per heavy atom. The van der Waals surface area contributed by atoms with Crippen LogP contribution in [0.5, 0.6) is 11.6 Å². The van der Waals surface area contributed by atoms with Gasteiger partial charge in [0.05, 0.1) is 0 Å². The van der Waals surface area contributed by atoms with Crippen molar-refractivity contribution in [1.29, 1.82) is 0 Å². The lowest BCUT2D eigenvalue weighted by Crippen LogP contribution is -2.03. The quantitative estimate of drug-likeness (QED) is 0.703. The zero-order valence-corrected chi connectivity index (χ0v) is 13.2. The summed E-state index contributed by atoms with van der Waals surface area (Å²) in [4.78, 5) is 16.5. The number of benzene rings is 2. The van der Waals surface area contributed by atoms with E-state index in [2.05, 4.69) is 4.98 Å². The molecule has 0 saturated carbocycles. The van der Waals surface area contributed by atoms with Crippen molar-refractivity contribution in [3.8, 4) is 11.6 Å². The molecule has 3 rings (SSSR count). The van der Waals surface area contributed by atoms with Crippen molar-refractivity contribution in [2.75, 3.05) is 0 Å². The smallest absolute Gasteiger partial charge is 0.219 e. The third-order valence-electron chi connectivity index (χ3n) is 3.64. The fourth-order valence-electron chi connectivity index (χ4n) is 2.35. The van der Waals surface area contributed by atoms with Crippen LogP contribution in [0.25, 0.3) is 0 Å². The zero-order chi connectivity index (χ0) is 16.8. The van der Waals surface area contributed by atoms with Crippen molar-refractivity contribution in [2.24, 2.45) is 5.73 Å². The lowest BCUT2D eigenvalue weighted by Gasteiger charge is -2.07. The number of rotatable bonds is 6. The van der Waals surface area contributed by atoms with Gasteiger partial charge in [0.2, 0.25) is 5.88 Å². The second kappa shape index (κ2) is 7.53. The number of Topliss-reactive ketones (excluding diaryl/α,β-unsaturated/α-hetero) is 1. The Kier molecular flexibility index (Phi) is 4.99. The van der Waals surface area contributed by atoms with Crippen LogP contribution in [0, 0.1) is 0 Å². The molecule has 0 unspecified atom stereocenters. The number of hydrogen-bond donors (Lipinski definition) is 1. The first-order valence-corrected chi connectivity index (χ1v) is 7.74. The molecular formula is C20H18N2O2. The van der Waals surface area contributed by atoms with E-state index in [1.807, 2.05) is 36.4 Å². The van der Waals surface area contributed by atoms with E-state index < -0.39 is 0 Å². The normalized spacial score (nSPS) is 10.4. The average Bonchev–Trinajstić information content (AvgIpc) is 2.63. The van der Waals surface area contributed by atoms with Gasteiger partial charge in [-0.25, -0.2) is 4.98 Å². The van der Waals surface area contributed by atoms with Crippen molar-refractivity contribution in [3.63, 3.8) is 0 Å². The van der Waals surface area contributed by atoms with Crippen LogP contribution in [-0.2, 0) is 13.0 Å². The van der Waals surface area contributed by atoms with E-state index >= 15 is 0 Å². The Balaban J connectivity index is 1.67. The van der Waals surface area contributed by atoms with E-state index in [0.29, 0.717) is 30.2 Å². The number of nitrogens with two attached hydrogens (primary N) is 1. The molecule has 0 bridgehead atoms. The van der Waals surface area contributed by atoms with Crippen LogP contribution >= 0.6 is 0 Å². The second-order valence-electron chi connectivity index (χ2n) is 5.42. The number of carbonyl (C=O) groups excluding carboxylic acids is 1. The van der Waals surface area contributed by atoms with E-state index in [1.165, 1.54) is 0 Å². The fraction of sp³-hybridized carbons (Fsp3) is 0.100. The fourth-order valence-corrected chi connectivity index (χ4v) is 2.35. The highest BCUT2D eigenvalue weighted by atomic mass is 16.5. The zero-order valence-electron chi connectivity index (χ0n) is 13.2. The van der Waals surface area contributed by atoms with Crippen LogP contribution in [0.1, 0.15) is 21.5 Å². The Hall–Kier alpha value is -2.98. The van der Waals surface area contributed by atoms with Gasteiger partial charge in [0.1, 0.15) is 5.75 Å². The summed E-state index contributed by atoms with van der Waals surface area (Å²) in [5, 5.41) is 0. The number of ketones is 1. The summed E-state index contributed by atoms with van der Waals surface area (Å²) in [7, 11) is 0. The maximum absolute atomic E-state index is 12.3.